The van der Waals surface area contributed by atoms with Crippen molar-refractivity contribution in [1.82, 2.24) is 0 Å². The predicted molar refractivity (Wildman–Crippen MR) is 179 cm³/mol. The highest BCUT2D eigenvalue weighted by Gasteiger charge is 2.25. The van der Waals surface area contributed by atoms with E-state index in [1.165, 1.54) is 43.0 Å². The van der Waals surface area contributed by atoms with Crippen LogP contribution in [-0.2, 0) is 6.42 Å². The molecule has 0 bridgehead atoms. The Kier molecular flexibility index (Phi) is 12.4. The Morgan fingerprint density at radius 3 is 2.42 bits per heavy atom. The third-order valence-corrected chi connectivity index (χ3v) is 8.53. The molecule has 0 aliphatic heterocycles. The number of allylic oxidation sites excluding steroid dienone is 3. The van der Waals surface area contributed by atoms with Crippen molar-refractivity contribution in [3.63, 3.8) is 0 Å². The molecule has 0 spiro atoms. The van der Waals surface area contributed by atoms with E-state index >= 15 is 0 Å². The van der Waals surface area contributed by atoms with Gasteiger partial charge in [0.05, 0.1) is 22.8 Å². The first-order valence-corrected chi connectivity index (χ1v) is 16.2. The molecule has 4 N–H and O–H groups in total. The lowest BCUT2D eigenvalue weighted by atomic mass is 10.0. The summed E-state index contributed by atoms with van der Waals surface area (Å²) >= 11 is 1.18. The molecule has 2 aromatic carbocycles. The SMILES string of the molecule is CCCc1c(OCCCCC=CC=C[C@H](Sc2ccc3c(=O)cc(C(=O)O)oc3c2)[C@H](O)c2ccc(C(=O)O)o2)ccc(C(C)=O)c1O. The summed E-state index contributed by atoms with van der Waals surface area (Å²) in [5.74, 6) is -3.07. The molecule has 0 aliphatic carbocycles. The molecule has 0 aliphatic rings. The van der Waals surface area contributed by atoms with Crippen molar-refractivity contribution in [3.05, 3.63) is 111 Å². The number of ketones is 1. The number of aromatic hydroxyl groups is 1. The average molecular weight is 677 g/mol. The van der Waals surface area contributed by atoms with E-state index < -0.39 is 34.5 Å². The molecular weight excluding hydrogens is 640 g/mol. The Labute approximate surface area is 280 Å². The van der Waals surface area contributed by atoms with E-state index in [0.29, 0.717) is 29.2 Å². The third kappa shape index (κ3) is 9.05. The summed E-state index contributed by atoms with van der Waals surface area (Å²) in [4.78, 5) is 47.4. The van der Waals surface area contributed by atoms with Crippen LogP contribution in [0.15, 0.2) is 91.4 Å². The highest BCUT2D eigenvalue weighted by Crippen LogP contribution is 2.36. The van der Waals surface area contributed by atoms with Gasteiger partial charge in [0.25, 0.3) is 0 Å². The lowest BCUT2D eigenvalue weighted by Crippen LogP contribution is -2.12. The van der Waals surface area contributed by atoms with Crippen LogP contribution in [0.25, 0.3) is 11.0 Å². The summed E-state index contributed by atoms with van der Waals surface area (Å²) in [6.07, 6.45) is 9.68. The maximum absolute atomic E-state index is 12.3. The van der Waals surface area contributed by atoms with E-state index in [2.05, 4.69) is 0 Å². The summed E-state index contributed by atoms with van der Waals surface area (Å²) in [6, 6.07) is 11.5. The number of carboxylic acids is 2. The number of Topliss-reactive ketones (excluding diaryl/α,β-unsaturated/α-hetero) is 1. The quantitative estimate of drug-likeness (QED) is 0.0382. The molecule has 12 heteroatoms. The molecule has 4 rings (SSSR count). The summed E-state index contributed by atoms with van der Waals surface area (Å²) in [6.45, 7) is 3.84. The molecule has 0 saturated heterocycles. The maximum atomic E-state index is 12.3. The number of ether oxygens (including phenoxy) is 1. The number of aliphatic hydroxyl groups is 1. The van der Waals surface area contributed by atoms with E-state index in [4.69, 9.17) is 13.6 Å². The number of phenolic OH excluding ortho intramolecular Hbond substituents is 1. The molecule has 2 atom stereocenters. The number of carbonyl (C=O) groups is 3. The maximum Gasteiger partial charge on any atom is 0.371 e. The number of carbonyl (C=O) groups excluding carboxylic acids is 1. The largest absolute Gasteiger partial charge is 0.507 e. The number of carboxylic acid groups (broad SMARTS) is 2. The first-order valence-electron chi connectivity index (χ1n) is 15.3. The molecule has 0 fully saturated rings. The lowest BCUT2D eigenvalue weighted by Gasteiger charge is -2.18. The van der Waals surface area contributed by atoms with Crippen LogP contribution in [0.5, 0.6) is 11.5 Å². The Morgan fingerprint density at radius 2 is 1.73 bits per heavy atom. The summed E-state index contributed by atoms with van der Waals surface area (Å²) in [5.41, 5.74) is 0.491. The highest BCUT2D eigenvalue weighted by molar-refractivity contribution is 8.00. The number of fused-ring (bicyclic) bond motifs is 1. The fraction of sp³-hybridized carbons (Fsp3) is 0.278. The molecule has 0 saturated carbocycles. The van der Waals surface area contributed by atoms with Gasteiger partial charge >= 0.3 is 11.9 Å². The zero-order valence-electron chi connectivity index (χ0n) is 26.4. The van der Waals surface area contributed by atoms with Crippen LogP contribution in [0.4, 0.5) is 0 Å². The number of unbranched alkanes of at least 4 members (excludes halogenated alkanes) is 2. The van der Waals surface area contributed by atoms with Gasteiger partial charge in [-0.15, -0.1) is 11.8 Å². The topological polar surface area (TPSA) is 185 Å². The molecule has 252 valence electrons. The van der Waals surface area contributed by atoms with Crippen LogP contribution >= 0.6 is 11.8 Å². The van der Waals surface area contributed by atoms with Gasteiger partial charge in [-0.1, -0.05) is 37.6 Å². The molecule has 0 radical (unpaired) electrons. The van der Waals surface area contributed by atoms with Crippen molar-refractivity contribution in [3.8, 4) is 11.5 Å². The Hall–Kier alpha value is -5.07. The number of thioether (sulfide) groups is 1. The minimum atomic E-state index is -1.38. The Balaban J connectivity index is 1.40. The van der Waals surface area contributed by atoms with E-state index in [1.54, 1.807) is 30.4 Å². The standard InChI is InChI=1S/C36H36O11S/c1-3-10-25-27(15-14-23(21(2)37)33(25)39)45-18-9-7-5-4-6-8-11-32(34(40)28-16-17-29(46-28)35(41)42)48-22-12-13-24-26(38)20-31(36(43)44)47-30(24)19-22/h4,6,8,11-17,19-20,32,34,39-40H,3,5,7,9-10,18H2,1-2H3,(H,41,42)(H,43,44)/t32-,34+/m0/s1. The van der Waals surface area contributed by atoms with Crippen LogP contribution in [0, 0.1) is 0 Å². The van der Waals surface area contributed by atoms with Gasteiger partial charge in [0.2, 0.25) is 11.5 Å². The number of phenols is 1. The van der Waals surface area contributed by atoms with Crippen molar-refractivity contribution in [2.75, 3.05) is 6.61 Å². The van der Waals surface area contributed by atoms with Crippen LogP contribution < -0.4 is 10.2 Å². The van der Waals surface area contributed by atoms with Crippen LogP contribution in [0.3, 0.4) is 0 Å². The molecule has 0 amide bonds. The minimum absolute atomic E-state index is 0.0212. The summed E-state index contributed by atoms with van der Waals surface area (Å²) in [7, 11) is 0. The van der Waals surface area contributed by atoms with Gasteiger partial charge < -0.3 is 34.0 Å². The first-order chi connectivity index (χ1) is 23.0. The second kappa shape index (κ2) is 16.7. The molecule has 4 aromatic rings. The van der Waals surface area contributed by atoms with Gasteiger partial charge in [-0.25, -0.2) is 9.59 Å². The van der Waals surface area contributed by atoms with Crippen molar-refractivity contribution < 1.29 is 48.4 Å². The fourth-order valence-electron chi connectivity index (χ4n) is 4.89. The predicted octanol–water partition coefficient (Wildman–Crippen LogP) is 7.20. The zero-order valence-corrected chi connectivity index (χ0v) is 27.2. The van der Waals surface area contributed by atoms with Crippen molar-refractivity contribution in [2.24, 2.45) is 0 Å². The molecule has 0 unspecified atom stereocenters. The number of benzene rings is 2. The third-order valence-electron chi connectivity index (χ3n) is 7.31. The Bertz CT molecular complexity index is 1900. The van der Waals surface area contributed by atoms with Crippen molar-refractivity contribution >= 4 is 40.5 Å². The number of aromatic carboxylic acids is 2. The molecule has 48 heavy (non-hydrogen) atoms. The summed E-state index contributed by atoms with van der Waals surface area (Å²) in [5, 5.41) is 39.7. The normalized spacial score (nSPS) is 12.9. The highest BCUT2D eigenvalue weighted by atomic mass is 32.2. The monoisotopic (exact) mass is 676 g/mol. The zero-order chi connectivity index (χ0) is 34.8. The number of hydrogen-bond donors (Lipinski definition) is 4. The number of furan rings is 1. The van der Waals surface area contributed by atoms with Crippen molar-refractivity contribution in [2.45, 2.75) is 62.2 Å². The second-order valence-corrected chi connectivity index (χ2v) is 12.1. The molecule has 2 heterocycles. The lowest BCUT2D eigenvalue weighted by molar-refractivity contribution is 0.0646. The van der Waals surface area contributed by atoms with Gasteiger partial charge in [-0.2, -0.15) is 0 Å². The van der Waals surface area contributed by atoms with Gasteiger partial charge in [-0.3, -0.25) is 9.59 Å². The Morgan fingerprint density at radius 1 is 0.958 bits per heavy atom. The van der Waals surface area contributed by atoms with E-state index in [1.807, 2.05) is 19.1 Å². The van der Waals surface area contributed by atoms with Gasteiger partial charge in [0, 0.05) is 16.5 Å². The van der Waals surface area contributed by atoms with E-state index in [0.717, 1.165) is 31.7 Å². The van der Waals surface area contributed by atoms with Gasteiger partial charge in [0.15, 0.2) is 11.2 Å². The van der Waals surface area contributed by atoms with Crippen molar-refractivity contribution in [1.29, 1.82) is 0 Å². The molecule has 2 aromatic heterocycles. The van der Waals surface area contributed by atoms with Crippen LogP contribution in [0.2, 0.25) is 0 Å². The summed E-state index contributed by atoms with van der Waals surface area (Å²) < 4.78 is 16.6. The second-order valence-electron chi connectivity index (χ2n) is 10.9. The van der Waals surface area contributed by atoms with Crippen LogP contribution in [-0.4, -0.2) is 50.0 Å². The average Bonchev–Trinajstić information content (AvgIpc) is 3.55. The van der Waals surface area contributed by atoms with Gasteiger partial charge in [-0.05, 0) is 75.1 Å². The van der Waals surface area contributed by atoms with Crippen LogP contribution in [0.1, 0.15) is 88.4 Å². The minimum Gasteiger partial charge on any atom is -0.507 e. The number of aliphatic hydroxyl groups excluding tert-OH is 1. The van der Waals surface area contributed by atoms with Gasteiger partial charge in [0.1, 0.15) is 28.9 Å². The van der Waals surface area contributed by atoms with E-state index in [-0.39, 0.29) is 39.6 Å². The fourth-order valence-corrected chi connectivity index (χ4v) is 5.96. The molecular formula is C36H36O11S. The number of rotatable bonds is 17. The number of hydrogen-bond acceptors (Lipinski definition) is 10. The first kappa shape index (κ1) is 35.8. The van der Waals surface area contributed by atoms with E-state index in [9.17, 15) is 39.6 Å². The smallest absolute Gasteiger partial charge is 0.371 e. The molecule has 11 nitrogen and oxygen atoms in total.